The average molecular weight is 270 g/mol. The Morgan fingerprint density at radius 2 is 2.15 bits per heavy atom. The van der Waals surface area contributed by atoms with E-state index in [-0.39, 0.29) is 11.5 Å². The molecule has 1 aliphatic heterocycles. The fraction of sp³-hybridized carbons (Fsp3) is 0.375. The fourth-order valence-corrected chi connectivity index (χ4v) is 2.55. The Bertz CT molecular complexity index is 543. The van der Waals surface area contributed by atoms with Gasteiger partial charge >= 0.3 is 0 Å². The maximum atomic E-state index is 12.0. The van der Waals surface area contributed by atoms with Gasteiger partial charge in [-0.15, -0.1) is 0 Å². The fourth-order valence-electron chi connectivity index (χ4n) is 2.55. The first-order chi connectivity index (χ1) is 9.65. The third-order valence-corrected chi connectivity index (χ3v) is 3.69. The van der Waals surface area contributed by atoms with E-state index in [0.29, 0.717) is 19.0 Å². The first-order valence-electron chi connectivity index (χ1n) is 6.68. The van der Waals surface area contributed by atoms with Gasteiger partial charge in [-0.25, -0.2) is 0 Å². The molecule has 1 heterocycles. The molecule has 0 saturated carbocycles. The second-order valence-corrected chi connectivity index (χ2v) is 4.95. The molecule has 4 heteroatoms. The number of ether oxygens (including phenoxy) is 1. The van der Waals surface area contributed by atoms with E-state index in [1.54, 1.807) is 12.0 Å². The van der Waals surface area contributed by atoms with Crippen molar-refractivity contribution in [3.63, 3.8) is 0 Å². The summed E-state index contributed by atoms with van der Waals surface area (Å²) in [5.41, 5.74) is 1.21. The van der Waals surface area contributed by atoms with Crippen molar-refractivity contribution in [1.29, 1.82) is 5.26 Å². The third-order valence-electron chi connectivity index (χ3n) is 3.69. The number of likely N-dealkylation sites (tertiary alicyclic amines) is 1. The molecule has 1 saturated heterocycles. The number of amides is 1. The Morgan fingerprint density at radius 1 is 1.45 bits per heavy atom. The molecule has 0 aliphatic carbocycles. The highest BCUT2D eigenvalue weighted by Crippen LogP contribution is 2.28. The van der Waals surface area contributed by atoms with Crippen LogP contribution in [0, 0.1) is 11.3 Å². The van der Waals surface area contributed by atoms with Gasteiger partial charge in [0.25, 0.3) is 5.91 Å². The van der Waals surface area contributed by atoms with Gasteiger partial charge in [-0.3, -0.25) is 4.79 Å². The molecule has 0 N–H and O–H groups in total. The first-order valence-corrected chi connectivity index (χ1v) is 6.68. The van der Waals surface area contributed by atoms with Crippen LogP contribution in [0.25, 0.3) is 0 Å². The van der Waals surface area contributed by atoms with Crippen molar-refractivity contribution >= 4 is 5.91 Å². The van der Waals surface area contributed by atoms with E-state index in [4.69, 9.17) is 10.00 Å². The summed E-state index contributed by atoms with van der Waals surface area (Å²) in [4.78, 5) is 13.7. The lowest BCUT2D eigenvalue weighted by atomic mass is 9.90. The molecular weight excluding hydrogens is 252 g/mol. The summed E-state index contributed by atoms with van der Waals surface area (Å²) in [6.45, 7) is 4.85. The normalized spacial score (nSPS) is 18.2. The minimum Gasteiger partial charge on any atom is -0.497 e. The molecule has 1 unspecified atom stereocenters. The van der Waals surface area contributed by atoms with E-state index in [1.165, 1.54) is 5.56 Å². The van der Waals surface area contributed by atoms with Gasteiger partial charge in [0.1, 0.15) is 17.4 Å². The number of nitriles is 1. The molecule has 1 atom stereocenters. The second kappa shape index (κ2) is 6.25. The van der Waals surface area contributed by atoms with Crippen molar-refractivity contribution in [2.75, 3.05) is 20.2 Å². The number of nitrogens with zero attached hydrogens (tertiary/aromatic N) is 2. The third kappa shape index (κ3) is 3.00. The smallest absolute Gasteiger partial charge is 0.263 e. The van der Waals surface area contributed by atoms with Crippen molar-refractivity contribution in [3.8, 4) is 11.8 Å². The van der Waals surface area contributed by atoms with Gasteiger partial charge in [-0.1, -0.05) is 18.7 Å². The molecule has 0 bridgehead atoms. The number of benzene rings is 1. The van der Waals surface area contributed by atoms with Crippen molar-refractivity contribution in [3.05, 3.63) is 42.0 Å². The second-order valence-electron chi connectivity index (χ2n) is 4.95. The maximum Gasteiger partial charge on any atom is 0.263 e. The van der Waals surface area contributed by atoms with E-state index in [9.17, 15) is 4.79 Å². The highest BCUT2D eigenvalue weighted by atomic mass is 16.5. The van der Waals surface area contributed by atoms with Gasteiger partial charge in [0.05, 0.1) is 7.11 Å². The summed E-state index contributed by atoms with van der Waals surface area (Å²) >= 11 is 0. The minimum absolute atomic E-state index is 0.0142. The van der Waals surface area contributed by atoms with Crippen LogP contribution in [-0.4, -0.2) is 31.0 Å². The largest absolute Gasteiger partial charge is 0.497 e. The Labute approximate surface area is 119 Å². The van der Waals surface area contributed by atoms with Crippen molar-refractivity contribution < 1.29 is 9.53 Å². The Balaban J connectivity index is 2.08. The van der Waals surface area contributed by atoms with Gasteiger partial charge < -0.3 is 9.64 Å². The van der Waals surface area contributed by atoms with Gasteiger partial charge in [0.2, 0.25) is 0 Å². The number of methoxy groups -OCH3 is 1. The van der Waals surface area contributed by atoms with Gasteiger partial charge in [-0.2, -0.15) is 5.26 Å². The molecule has 1 aliphatic rings. The van der Waals surface area contributed by atoms with Crippen LogP contribution in [-0.2, 0) is 4.79 Å². The lowest BCUT2D eigenvalue weighted by Gasteiger charge is -2.32. The van der Waals surface area contributed by atoms with Crippen LogP contribution < -0.4 is 4.74 Å². The topological polar surface area (TPSA) is 53.3 Å². The molecule has 0 spiro atoms. The zero-order valence-electron chi connectivity index (χ0n) is 11.6. The van der Waals surface area contributed by atoms with Crippen LogP contribution in [0.15, 0.2) is 36.4 Å². The monoisotopic (exact) mass is 270 g/mol. The quantitative estimate of drug-likeness (QED) is 0.626. The zero-order valence-corrected chi connectivity index (χ0v) is 11.6. The summed E-state index contributed by atoms with van der Waals surface area (Å²) in [5.74, 6) is 0.895. The minimum atomic E-state index is -0.245. The molecule has 1 amide bonds. The summed E-state index contributed by atoms with van der Waals surface area (Å²) in [6, 6.07) is 9.78. The zero-order chi connectivity index (χ0) is 14.5. The number of hydrogen-bond acceptors (Lipinski definition) is 3. The lowest BCUT2D eigenvalue weighted by molar-refractivity contribution is -0.127. The first kappa shape index (κ1) is 14.1. The van der Waals surface area contributed by atoms with E-state index in [2.05, 4.69) is 6.58 Å². The summed E-state index contributed by atoms with van der Waals surface area (Å²) in [5, 5.41) is 8.77. The molecule has 0 radical (unpaired) electrons. The molecule has 1 fully saturated rings. The highest BCUT2D eigenvalue weighted by molar-refractivity contribution is 5.96. The summed E-state index contributed by atoms with van der Waals surface area (Å²) in [7, 11) is 1.64. The van der Waals surface area contributed by atoms with Gasteiger partial charge in [0.15, 0.2) is 0 Å². The molecule has 4 nitrogen and oxygen atoms in total. The van der Waals surface area contributed by atoms with E-state index >= 15 is 0 Å². The summed E-state index contributed by atoms with van der Waals surface area (Å²) < 4.78 is 5.15. The standard InChI is InChI=1S/C16H18N2O2/c1-12(10-17)16(19)18-9-3-4-14(11-18)13-5-7-15(20-2)8-6-13/h5-8,14H,1,3-4,9,11H2,2H3. The van der Waals surface area contributed by atoms with E-state index in [1.807, 2.05) is 30.3 Å². The summed E-state index contributed by atoms with van der Waals surface area (Å²) in [6.07, 6.45) is 2.00. The SMILES string of the molecule is C=C(C#N)C(=O)N1CCCC(c2ccc(OC)cc2)C1. The van der Waals surface area contributed by atoms with Crippen LogP contribution in [0.4, 0.5) is 0 Å². The van der Waals surface area contributed by atoms with Gasteiger partial charge in [-0.05, 0) is 30.5 Å². The van der Waals surface area contributed by atoms with Crippen molar-refractivity contribution in [1.82, 2.24) is 4.90 Å². The number of rotatable bonds is 3. The number of carbonyl (C=O) groups is 1. The van der Waals surface area contributed by atoms with Crippen molar-refractivity contribution in [2.24, 2.45) is 0 Å². The Morgan fingerprint density at radius 3 is 2.75 bits per heavy atom. The predicted octanol–water partition coefficient (Wildman–Crippen LogP) is 2.48. The van der Waals surface area contributed by atoms with Crippen LogP contribution in [0.5, 0.6) is 5.75 Å². The van der Waals surface area contributed by atoms with Crippen LogP contribution in [0.1, 0.15) is 24.3 Å². The predicted molar refractivity (Wildman–Crippen MR) is 76.3 cm³/mol. The van der Waals surface area contributed by atoms with Gasteiger partial charge in [0, 0.05) is 19.0 Å². The molecule has 104 valence electrons. The highest BCUT2D eigenvalue weighted by Gasteiger charge is 2.25. The Kier molecular flexibility index (Phi) is 4.41. The Hall–Kier alpha value is -2.28. The van der Waals surface area contributed by atoms with E-state index in [0.717, 1.165) is 18.6 Å². The van der Waals surface area contributed by atoms with Crippen LogP contribution in [0.3, 0.4) is 0 Å². The number of carbonyl (C=O) groups excluding carboxylic acids is 1. The lowest BCUT2D eigenvalue weighted by Crippen LogP contribution is -2.39. The van der Waals surface area contributed by atoms with Crippen molar-refractivity contribution in [2.45, 2.75) is 18.8 Å². The molecule has 0 aromatic heterocycles. The van der Waals surface area contributed by atoms with Crippen LogP contribution in [0.2, 0.25) is 0 Å². The van der Waals surface area contributed by atoms with Crippen LogP contribution >= 0.6 is 0 Å². The molecule has 20 heavy (non-hydrogen) atoms. The molecular formula is C16H18N2O2. The molecule has 2 rings (SSSR count). The maximum absolute atomic E-state index is 12.0. The number of hydrogen-bond donors (Lipinski definition) is 0. The van der Waals surface area contributed by atoms with E-state index < -0.39 is 0 Å². The molecule has 1 aromatic carbocycles. The average Bonchev–Trinajstić information content (AvgIpc) is 2.53. The molecule has 1 aromatic rings. The number of piperidine rings is 1.